The maximum absolute atomic E-state index is 12.1. The summed E-state index contributed by atoms with van der Waals surface area (Å²) < 4.78 is 1.53. The van der Waals surface area contributed by atoms with Gasteiger partial charge in [-0.3, -0.25) is 10.3 Å². The van der Waals surface area contributed by atoms with E-state index in [1.807, 2.05) is 19.1 Å². The molecule has 110 valence electrons. The summed E-state index contributed by atoms with van der Waals surface area (Å²) in [7, 11) is 0. The molecule has 1 fully saturated rings. The first-order valence-electron chi connectivity index (χ1n) is 7.01. The average molecular weight is 287 g/mol. The number of urea groups is 1. The summed E-state index contributed by atoms with van der Waals surface area (Å²) in [6.45, 7) is 2.50. The third-order valence-corrected chi connectivity index (χ3v) is 3.50. The number of anilines is 1. The summed E-state index contributed by atoms with van der Waals surface area (Å²) in [5, 5.41) is 16.8. The molecule has 1 aliphatic carbocycles. The molecular formula is C13H17N7O. The van der Waals surface area contributed by atoms with E-state index in [1.54, 1.807) is 12.4 Å². The number of carbonyl (C=O) groups is 1. The molecule has 0 radical (unpaired) electrons. The topological polar surface area (TPSA) is 97.6 Å². The molecule has 1 atom stereocenters. The summed E-state index contributed by atoms with van der Waals surface area (Å²) >= 11 is 0. The Morgan fingerprint density at radius 3 is 2.86 bits per heavy atom. The van der Waals surface area contributed by atoms with Crippen molar-refractivity contribution in [1.29, 1.82) is 0 Å². The second kappa shape index (κ2) is 5.86. The number of rotatable bonds is 5. The van der Waals surface area contributed by atoms with Crippen LogP contribution >= 0.6 is 0 Å². The molecule has 1 saturated carbocycles. The Balaban J connectivity index is 1.67. The molecule has 8 nitrogen and oxygen atoms in total. The zero-order valence-corrected chi connectivity index (χ0v) is 11.7. The standard InChI is InChI=1S/C13H17N7O/c1-2-20-12(17-18-19-20)16-13(21)15-11(9-3-4-9)10-5-7-14-8-6-10/h5-9,11H,2-4H2,1H3,(H2,15,16,17,19,21). The lowest BCUT2D eigenvalue weighted by Gasteiger charge is -2.18. The molecule has 0 spiro atoms. The van der Waals surface area contributed by atoms with E-state index in [1.165, 1.54) is 4.68 Å². The predicted octanol–water partition coefficient (Wildman–Crippen LogP) is 1.36. The molecule has 21 heavy (non-hydrogen) atoms. The number of hydrogen-bond acceptors (Lipinski definition) is 5. The number of carbonyl (C=O) groups excluding carboxylic acids is 1. The van der Waals surface area contributed by atoms with Gasteiger partial charge in [0, 0.05) is 18.9 Å². The smallest absolute Gasteiger partial charge is 0.322 e. The van der Waals surface area contributed by atoms with E-state index >= 15 is 0 Å². The van der Waals surface area contributed by atoms with Crippen molar-refractivity contribution in [2.45, 2.75) is 32.4 Å². The van der Waals surface area contributed by atoms with Crippen LogP contribution in [0.1, 0.15) is 31.4 Å². The second-order valence-corrected chi connectivity index (χ2v) is 5.01. The van der Waals surface area contributed by atoms with Crippen LogP contribution in [0.15, 0.2) is 24.5 Å². The average Bonchev–Trinajstić information content (AvgIpc) is 3.26. The number of amides is 2. The molecule has 3 rings (SSSR count). The van der Waals surface area contributed by atoms with Gasteiger partial charge in [-0.2, -0.15) is 0 Å². The first kappa shape index (κ1) is 13.5. The van der Waals surface area contributed by atoms with E-state index in [2.05, 4.69) is 31.1 Å². The highest BCUT2D eigenvalue weighted by Gasteiger charge is 2.33. The molecule has 1 aliphatic rings. The maximum atomic E-state index is 12.1. The monoisotopic (exact) mass is 287 g/mol. The van der Waals surface area contributed by atoms with Gasteiger partial charge in [0.1, 0.15) is 0 Å². The predicted molar refractivity (Wildman–Crippen MR) is 75.3 cm³/mol. The van der Waals surface area contributed by atoms with Crippen molar-refractivity contribution in [3.63, 3.8) is 0 Å². The summed E-state index contributed by atoms with van der Waals surface area (Å²) in [6.07, 6.45) is 5.73. The van der Waals surface area contributed by atoms with E-state index in [4.69, 9.17) is 0 Å². The second-order valence-electron chi connectivity index (χ2n) is 5.01. The largest absolute Gasteiger partial charge is 0.331 e. The van der Waals surface area contributed by atoms with Crippen molar-refractivity contribution in [2.75, 3.05) is 5.32 Å². The fourth-order valence-corrected chi connectivity index (χ4v) is 2.26. The maximum Gasteiger partial charge on any atom is 0.322 e. The number of aromatic nitrogens is 5. The van der Waals surface area contributed by atoms with Crippen LogP contribution in [0.3, 0.4) is 0 Å². The van der Waals surface area contributed by atoms with Crippen LogP contribution in [0.2, 0.25) is 0 Å². The van der Waals surface area contributed by atoms with Crippen molar-refractivity contribution in [3.05, 3.63) is 30.1 Å². The normalized spacial score (nSPS) is 15.5. The molecule has 2 N–H and O–H groups in total. The number of nitrogens with zero attached hydrogens (tertiary/aromatic N) is 5. The van der Waals surface area contributed by atoms with Gasteiger partial charge in [-0.1, -0.05) is 5.10 Å². The van der Waals surface area contributed by atoms with Crippen LogP contribution in [-0.4, -0.2) is 31.2 Å². The van der Waals surface area contributed by atoms with Crippen molar-refractivity contribution >= 4 is 12.0 Å². The zero-order chi connectivity index (χ0) is 14.7. The van der Waals surface area contributed by atoms with Gasteiger partial charge in [0.05, 0.1) is 6.04 Å². The van der Waals surface area contributed by atoms with E-state index < -0.39 is 0 Å². The molecule has 2 amide bonds. The molecule has 8 heteroatoms. The van der Waals surface area contributed by atoms with Crippen molar-refractivity contribution in [3.8, 4) is 0 Å². The van der Waals surface area contributed by atoms with E-state index in [0.29, 0.717) is 18.4 Å². The number of aryl methyl sites for hydroxylation is 1. The molecule has 2 heterocycles. The minimum Gasteiger partial charge on any atom is -0.331 e. The third-order valence-electron chi connectivity index (χ3n) is 3.50. The van der Waals surface area contributed by atoms with E-state index in [9.17, 15) is 4.79 Å². The van der Waals surface area contributed by atoms with Gasteiger partial charge in [0.2, 0.25) is 0 Å². The van der Waals surface area contributed by atoms with Gasteiger partial charge in [-0.25, -0.2) is 9.48 Å². The number of pyridine rings is 1. The molecule has 0 saturated heterocycles. The zero-order valence-electron chi connectivity index (χ0n) is 11.7. The molecule has 0 aromatic carbocycles. The molecule has 2 aromatic rings. The lowest BCUT2D eigenvalue weighted by Crippen LogP contribution is -2.34. The van der Waals surface area contributed by atoms with Crippen LogP contribution < -0.4 is 10.6 Å². The fraction of sp³-hybridized carbons (Fsp3) is 0.462. The Bertz CT molecular complexity index is 608. The van der Waals surface area contributed by atoms with Crippen molar-refractivity contribution < 1.29 is 4.79 Å². The third kappa shape index (κ3) is 3.15. The first-order valence-corrected chi connectivity index (χ1v) is 7.01. The lowest BCUT2D eigenvalue weighted by atomic mass is 10.0. The molecule has 2 aromatic heterocycles. The summed E-state index contributed by atoms with van der Waals surface area (Å²) in [6, 6.07) is 3.56. The number of hydrogen-bond donors (Lipinski definition) is 2. The molecule has 1 unspecified atom stereocenters. The minimum absolute atomic E-state index is 0.000966. The van der Waals surface area contributed by atoms with Gasteiger partial charge in [0.25, 0.3) is 5.95 Å². The van der Waals surface area contributed by atoms with Gasteiger partial charge in [0.15, 0.2) is 0 Å². The highest BCUT2D eigenvalue weighted by molar-refractivity contribution is 5.87. The molecule has 0 bridgehead atoms. The SMILES string of the molecule is CCn1nnnc1NC(=O)NC(c1ccncc1)C1CC1. The summed E-state index contributed by atoms with van der Waals surface area (Å²) in [5.74, 6) is 0.833. The van der Waals surface area contributed by atoms with Crippen LogP contribution in [0.25, 0.3) is 0 Å². The minimum atomic E-state index is -0.298. The quantitative estimate of drug-likeness (QED) is 0.865. The van der Waals surface area contributed by atoms with Gasteiger partial charge >= 0.3 is 6.03 Å². The summed E-state index contributed by atoms with van der Waals surface area (Å²) in [5.41, 5.74) is 1.07. The van der Waals surface area contributed by atoms with E-state index in [-0.39, 0.29) is 12.1 Å². The van der Waals surface area contributed by atoms with Crippen LogP contribution in [-0.2, 0) is 6.54 Å². The number of tetrazole rings is 1. The van der Waals surface area contributed by atoms with Gasteiger partial charge in [-0.15, -0.1) is 0 Å². The number of nitrogens with one attached hydrogen (secondary N) is 2. The molecule has 0 aliphatic heterocycles. The highest BCUT2D eigenvalue weighted by atomic mass is 16.2. The Labute approximate surface area is 122 Å². The van der Waals surface area contributed by atoms with Gasteiger partial charge in [-0.05, 0) is 53.8 Å². The van der Waals surface area contributed by atoms with Crippen LogP contribution in [0, 0.1) is 5.92 Å². The van der Waals surface area contributed by atoms with Crippen molar-refractivity contribution in [2.24, 2.45) is 5.92 Å². The fourth-order valence-electron chi connectivity index (χ4n) is 2.26. The lowest BCUT2D eigenvalue weighted by molar-refractivity contribution is 0.246. The van der Waals surface area contributed by atoms with Crippen molar-refractivity contribution in [1.82, 2.24) is 30.5 Å². The first-order chi connectivity index (χ1) is 10.3. The Morgan fingerprint density at radius 2 is 2.19 bits per heavy atom. The Kier molecular flexibility index (Phi) is 3.76. The highest BCUT2D eigenvalue weighted by Crippen LogP contribution is 2.40. The summed E-state index contributed by atoms with van der Waals surface area (Å²) in [4.78, 5) is 16.2. The Morgan fingerprint density at radius 1 is 1.43 bits per heavy atom. The van der Waals surface area contributed by atoms with Crippen LogP contribution in [0.5, 0.6) is 0 Å². The Hall–Kier alpha value is -2.51. The van der Waals surface area contributed by atoms with Crippen LogP contribution in [0.4, 0.5) is 10.7 Å². The van der Waals surface area contributed by atoms with Gasteiger partial charge < -0.3 is 5.32 Å². The van der Waals surface area contributed by atoms with E-state index in [0.717, 1.165) is 18.4 Å². The molecular weight excluding hydrogens is 270 g/mol.